The topological polar surface area (TPSA) is 72.2 Å². The highest BCUT2D eigenvalue weighted by atomic mass is 16.2. The summed E-state index contributed by atoms with van der Waals surface area (Å²) in [5.74, 6) is -0.0639. The second-order valence-corrected chi connectivity index (χ2v) is 6.00. The van der Waals surface area contributed by atoms with Crippen LogP contribution in [0.25, 0.3) is 0 Å². The number of nitrogens with two attached hydrogens (primary N) is 1. The summed E-state index contributed by atoms with van der Waals surface area (Å²) in [5.41, 5.74) is 8.11. The van der Waals surface area contributed by atoms with E-state index in [1.54, 1.807) is 24.3 Å². The van der Waals surface area contributed by atoms with E-state index in [4.69, 9.17) is 5.73 Å². The average Bonchev–Trinajstić information content (AvgIpc) is 3.09. The van der Waals surface area contributed by atoms with Gasteiger partial charge in [-0.15, -0.1) is 0 Å². The van der Waals surface area contributed by atoms with Gasteiger partial charge < -0.3 is 11.1 Å². The van der Waals surface area contributed by atoms with Gasteiger partial charge in [-0.25, -0.2) is 0 Å². The number of hydrogen-bond donors (Lipinski definition) is 2. The van der Waals surface area contributed by atoms with Gasteiger partial charge in [0.25, 0.3) is 5.91 Å². The Bertz CT molecular complexity index is 716. The fraction of sp³-hybridized carbons (Fsp3) is 0.263. The molecule has 0 aromatic heterocycles. The Hall–Kier alpha value is -2.62. The summed E-state index contributed by atoms with van der Waals surface area (Å²) in [6, 6.07) is 14.4. The molecule has 0 unspecified atom stereocenters. The molecule has 4 nitrogen and oxygen atoms in total. The molecule has 0 aliphatic heterocycles. The molecule has 2 amide bonds. The fourth-order valence-corrected chi connectivity index (χ4v) is 3.12. The van der Waals surface area contributed by atoms with Crippen LogP contribution in [0.1, 0.15) is 57.9 Å². The quantitative estimate of drug-likeness (QED) is 0.904. The predicted octanol–water partition coefficient (Wildman–Crippen LogP) is 3.70. The number of carbonyl (C=O) groups is 2. The fourth-order valence-electron chi connectivity index (χ4n) is 3.12. The van der Waals surface area contributed by atoms with Crippen LogP contribution in [0, 0.1) is 0 Å². The first-order chi connectivity index (χ1) is 11.1. The van der Waals surface area contributed by atoms with Gasteiger partial charge in [0.05, 0.1) is 0 Å². The Labute approximate surface area is 135 Å². The summed E-state index contributed by atoms with van der Waals surface area (Å²) in [6.45, 7) is 0. The third kappa shape index (κ3) is 3.59. The van der Waals surface area contributed by atoms with Crippen LogP contribution < -0.4 is 11.1 Å². The second kappa shape index (κ2) is 6.65. The SMILES string of the molecule is NC(=O)c1cccc(NC(=O)c2ccc(C3CCCC3)cc2)c1. The molecule has 0 heterocycles. The minimum absolute atomic E-state index is 0.190. The molecule has 0 spiro atoms. The van der Waals surface area contributed by atoms with Crippen molar-refractivity contribution in [2.45, 2.75) is 31.6 Å². The maximum atomic E-state index is 12.3. The van der Waals surface area contributed by atoms with Crippen molar-refractivity contribution in [3.05, 3.63) is 65.2 Å². The number of rotatable bonds is 4. The maximum Gasteiger partial charge on any atom is 0.255 e. The van der Waals surface area contributed by atoms with Gasteiger partial charge in [0.2, 0.25) is 5.91 Å². The smallest absolute Gasteiger partial charge is 0.255 e. The number of anilines is 1. The largest absolute Gasteiger partial charge is 0.366 e. The molecule has 118 valence electrons. The first-order valence-electron chi connectivity index (χ1n) is 7.94. The van der Waals surface area contributed by atoms with Gasteiger partial charge >= 0.3 is 0 Å². The zero-order chi connectivity index (χ0) is 16.2. The zero-order valence-corrected chi connectivity index (χ0v) is 12.9. The van der Waals surface area contributed by atoms with Gasteiger partial charge in [-0.3, -0.25) is 9.59 Å². The first kappa shape index (κ1) is 15.3. The Morgan fingerprint density at radius 2 is 1.65 bits per heavy atom. The molecule has 1 aliphatic rings. The van der Waals surface area contributed by atoms with Crippen molar-refractivity contribution in [1.29, 1.82) is 0 Å². The molecule has 0 atom stereocenters. The van der Waals surface area contributed by atoms with Crippen molar-refractivity contribution >= 4 is 17.5 Å². The summed E-state index contributed by atoms with van der Waals surface area (Å²) in [5, 5.41) is 2.80. The van der Waals surface area contributed by atoms with Gasteiger partial charge in [0, 0.05) is 16.8 Å². The molecule has 2 aromatic rings. The van der Waals surface area contributed by atoms with Gasteiger partial charge in [0.15, 0.2) is 0 Å². The number of nitrogens with one attached hydrogen (secondary N) is 1. The molecule has 0 bridgehead atoms. The van der Waals surface area contributed by atoms with Crippen LogP contribution in [0.3, 0.4) is 0 Å². The minimum atomic E-state index is -0.512. The van der Waals surface area contributed by atoms with E-state index in [1.807, 2.05) is 24.3 Å². The molecule has 3 rings (SSSR count). The Balaban J connectivity index is 1.70. The van der Waals surface area contributed by atoms with Crippen molar-refractivity contribution in [3.8, 4) is 0 Å². The standard InChI is InChI=1S/C19H20N2O2/c20-18(22)16-6-3-7-17(12-16)21-19(23)15-10-8-14(9-11-15)13-4-1-2-5-13/h3,6-13H,1-2,4-5H2,(H2,20,22)(H,21,23). The van der Waals surface area contributed by atoms with Crippen molar-refractivity contribution < 1.29 is 9.59 Å². The Morgan fingerprint density at radius 3 is 2.30 bits per heavy atom. The molecule has 0 saturated heterocycles. The highest BCUT2D eigenvalue weighted by Gasteiger charge is 2.17. The van der Waals surface area contributed by atoms with Crippen LogP contribution in [0.15, 0.2) is 48.5 Å². The third-order valence-corrected chi connectivity index (χ3v) is 4.40. The number of hydrogen-bond acceptors (Lipinski definition) is 2. The highest BCUT2D eigenvalue weighted by molar-refractivity contribution is 6.05. The Morgan fingerprint density at radius 1 is 0.957 bits per heavy atom. The van der Waals surface area contributed by atoms with E-state index in [0.717, 1.165) is 0 Å². The molecule has 23 heavy (non-hydrogen) atoms. The van der Waals surface area contributed by atoms with Crippen molar-refractivity contribution in [1.82, 2.24) is 0 Å². The van der Waals surface area contributed by atoms with Crippen LogP contribution in [-0.4, -0.2) is 11.8 Å². The molecule has 4 heteroatoms. The lowest BCUT2D eigenvalue weighted by atomic mass is 9.96. The number of amides is 2. The van der Waals surface area contributed by atoms with E-state index < -0.39 is 5.91 Å². The van der Waals surface area contributed by atoms with E-state index in [-0.39, 0.29) is 5.91 Å². The van der Waals surface area contributed by atoms with Crippen molar-refractivity contribution in [2.24, 2.45) is 5.73 Å². The lowest BCUT2D eigenvalue weighted by molar-refractivity contribution is 0.0996. The molecule has 2 aromatic carbocycles. The lowest BCUT2D eigenvalue weighted by Gasteiger charge is -2.10. The number of carbonyl (C=O) groups excluding carboxylic acids is 2. The molecule has 1 aliphatic carbocycles. The summed E-state index contributed by atoms with van der Waals surface area (Å²) >= 11 is 0. The van der Waals surface area contributed by atoms with Crippen LogP contribution >= 0.6 is 0 Å². The summed E-state index contributed by atoms with van der Waals surface area (Å²) < 4.78 is 0. The molecular weight excluding hydrogens is 288 g/mol. The van der Waals surface area contributed by atoms with Crippen LogP contribution in [-0.2, 0) is 0 Å². The second-order valence-electron chi connectivity index (χ2n) is 6.00. The van der Waals surface area contributed by atoms with Crippen molar-refractivity contribution in [2.75, 3.05) is 5.32 Å². The highest BCUT2D eigenvalue weighted by Crippen LogP contribution is 2.34. The minimum Gasteiger partial charge on any atom is -0.366 e. The summed E-state index contributed by atoms with van der Waals surface area (Å²) in [4.78, 5) is 23.5. The van der Waals surface area contributed by atoms with Crippen LogP contribution in [0.2, 0.25) is 0 Å². The van der Waals surface area contributed by atoms with E-state index in [9.17, 15) is 9.59 Å². The van der Waals surface area contributed by atoms with Crippen molar-refractivity contribution in [3.63, 3.8) is 0 Å². The van der Waals surface area contributed by atoms with Gasteiger partial charge in [0.1, 0.15) is 0 Å². The molecule has 1 saturated carbocycles. The van der Waals surface area contributed by atoms with E-state index >= 15 is 0 Å². The van der Waals surface area contributed by atoms with E-state index in [2.05, 4.69) is 5.32 Å². The maximum absolute atomic E-state index is 12.3. The zero-order valence-electron chi connectivity index (χ0n) is 12.9. The molecular formula is C19H20N2O2. The van der Waals surface area contributed by atoms with Gasteiger partial charge in [-0.1, -0.05) is 31.0 Å². The number of primary amides is 1. The Kier molecular flexibility index (Phi) is 4.42. The third-order valence-electron chi connectivity index (χ3n) is 4.40. The number of benzene rings is 2. The van der Waals surface area contributed by atoms with E-state index in [1.165, 1.54) is 31.2 Å². The monoisotopic (exact) mass is 308 g/mol. The molecule has 0 radical (unpaired) electrons. The van der Waals surface area contributed by atoms with Crippen LogP contribution in [0.4, 0.5) is 5.69 Å². The first-order valence-corrected chi connectivity index (χ1v) is 7.94. The predicted molar refractivity (Wildman–Crippen MR) is 90.6 cm³/mol. The normalized spacial score (nSPS) is 14.6. The molecule has 3 N–H and O–H groups in total. The summed E-state index contributed by atoms with van der Waals surface area (Å²) in [7, 11) is 0. The average molecular weight is 308 g/mol. The van der Waals surface area contributed by atoms with Gasteiger partial charge in [-0.05, 0) is 54.7 Å². The van der Waals surface area contributed by atoms with Gasteiger partial charge in [-0.2, -0.15) is 0 Å². The van der Waals surface area contributed by atoms with Crippen LogP contribution in [0.5, 0.6) is 0 Å². The summed E-state index contributed by atoms with van der Waals surface area (Å²) in [6.07, 6.45) is 5.07. The lowest BCUT2D eigenvalue weighted by Crippen LogP contribution is -2.14. The molecule has 1 fully saturated rings. The van der Waals surface area contributed by atoms with E-state index in [0.29, 0.717) is 22.7 Å².